The second-order valence-corrected chi connectivity index (χ2v) is 4.22. The minimum Gasteiger partial charge on any atom is -0.388 e. The Hall–Kier alpha value is -0.0200. The van der Waals surface area contributed by atoms with E-state index in [9.17, 15) is 0 Å². The van der Waals surface area contributed by atoms with Crippen LogP contribution in [0.4, 0.5) is 0 Å². The lowest BCUT2D eigenvalue weighted by Gasteiger charge is -2.15. The fourth-order valence-electron chi connectivity index (χ4n) is 1.66. The van der Waals surface area contributed by atoms with Gasteiger partial charge in [0.25, 0.3) is 0 Å². The van der Waals surface area contributed by atoms with Crippen LogP contribution in [0.15, 0.2) is 22.8 Å². The molecule has 2 rings (SSSR count). The molecule has 0 aromatic heterocycles. The molecule has 11 heavy (non-hydrogen) atoms. The zero-order valence-electron chi connectivity index (χ0n) is 6.21. The molecule has 60 valence electrons. The molecule has 0 bridgehead atoms. The summed E-state index contributed by atoms with van der Waals surface area (Å²) in [5, 5.41) is 3.39. The standard InChI is InChI=1S/C8H11NS2/c10-11-7-1-2-8-6(5-7)3-4-9-8/h1-2,6,9-10H,3-5H2. The van der Waals surface area contributed by atoms with Gasteiger partial charge in [0.05, 0.1) is 0 Å². The van der Waals surface area contributed by atoms with Gasteiger partial charge in [-0.25, -0.2) is 0 Å². The molecule has 1 unspecified atom stereocenters. The van der Waals surface area contributed by atoms with Gasteiger partial charge in [0.2, 0.25) is 0 Å². The number of thiol groups is 1. The van der Waals surface area contributed by atoms with E-state index in [0.717, 1.165) is 12.5 Å². The molecular weight excluding hydrogens is 174 g/mol. The van der Waals surface area contributed by atoms with E-state index in [0.29, 0.717) is 0 Å². The summed E-state index contributed by atoms with van der Waals surface area (Å²) in [7, 11) is 1.58. The molecule has 1 nitrogen and oxygen atoms in total. The monoisotopic (exact) mass is 185 g/mol. The minimum absolute atomic E-state index is 0.759. The van der Waals surface area contributed by atoms with Crippen LogP contribution in [0.3, 0.4) is 0 Å². The first-order valence-electron chi connectivity index (χ1n) is 3.86. The van der Waals surface area contributed by atoms with E-state index in [-0.39, 0.29) is 0 Å². The molecule has 0 spiro atoms. The zero-order valence-corrected chi connectivity index (χ0v) is 7.92. The molecule has 1 fully saturated rings. The topological polar surface area (TPSA) is 12.0 Å². The van der Waals surface area contributed by atoms with Crippen molar-refractivity contribution in [2.24, 2.45) is 5.92 Å². The maximum atomic E-state index is 4.19. The molecule has 0 amide bonds. The molecule has 2 aliphatic rings. The number of hydrogen-bond donors (Lipinski definition) is 2. The Kier molecular flexibility index (Phi) is 2.18. The van der Waals surface area contributed by atoms with Crippen LogP contribution in [0, 0.1) is 5.92 Å². The van der Waals surface area contributed by atoms with Gasteiger partial charge in [-0.05, 0) is 23.8 Å². The Morgan fingerprint density at radius 3 is 3.27 bits per heavy atom. The van der Waals surface area contributed by atoms with E-state index >= 15 is 0 Å². The van der Waals surface area contributed by atoms with Gasteiger partial charge in [0, 0.05) is 18.2 Å². The molecule has 1 atom stereocenters. The molecule has 0 aromatic carbocycles. The predicted octanol–water partition coefficient (Wildman–Crippen LogP) is 2.35. The third-order valence-electron chi connectivity index (χ3n) is 2.28. The first kappa shape index (κ1) is 7.62. The van der Waals surface area contributed by atoms with E-state index in [1.807, 2.05) is 0 Å². The lowest BCUT2D eigenvalue weighted by Crippen LogP contribution is -2.09. The lowest BCUT2D eigenvalue weighted by molar-refractivity contribution is 0.641. The van der Waals surface area contributed by atoms with Crippen molar-refractivity contribution in [1.82, 2.24) is 5.32 Å². The van der Waals surface area contributed by atoms with Crippen molar-refractivity contribution in [1.29, 1.82) is 0 Å². The quantitative estimate of drug-likeness (QED) is 0.480. The first-order chi connectivity index (χ1) is 5.40. The van der Waals surface area contributed by atoms with Crippen LogP contribution < -0.4 is 5.32 Å². The van der Waals surface area contributed by atoms with Gasteiger partial charge in [-0.3, -0.25) is 0 Å². The van der Waals surface area contributed by atoms with Crippen LogP contribution in [-0.2, 0) is 0 Å². The van der Waals surface area contributed by atoms with Crippen molar-refractivity contribution in [2.75, 3.05) is 6.54 Å². The third-order valence-corrected chi connectivity index (χ3v) is 3.52. The predicted molar refractivity (Wildman–Crippen MR) is 53.5 cm³/mol. The van der Waals surface area contributed by atoms with Gasteiger partial charge < -0.3 is 5.32 Å². The molecule has 1 aliphatic heterocycles. The van der Waals surface area contributed by atoms with E-state index in [1.165, 1.54) is 23.4 Å². The highest BCUT2D eigenvalue weighted by atomic mass is 33.1. The van der Waals surface area contributed by atoms with Gasteiger partial charge in [0.1, 0.15) is 0 Å². The summed E-state index contributed by atoms with van der Waals surface area (Å²) in [6.45, 7) is 1.15. The van der Waals surface area contributed by atoms with E-state index < -0.39 is 0 Å². The molecule has 1 N–H and O–H groups in total. The van der Waals surface area contributed by atoms with Crippen LogP contribution >= 0.6 is 22.5 Å². The van der Waals surface area contributed by atoms with Crippen molar-refractivity contribution < 1.29 is 0 Å². The van der Waals surface area contributed by atoms with Gasteiger partial charge >= 0.3 is 0 Å². The van der Waals surface area contributed by atoms with Crippen molar-refractivity contribution in [3.8, 4) is 0 Å². The average Bonchev–Trinajstić information content (AvgIpc) is 2.50. The fraction of sp³-hybridized carbons (Fsp3) is 0.500. The van der Waals surface area contributed by atoms with E-state index in [2.05, 4.69) is 29.1 Å². The highest BCUT2D eigenvalue weighted by molar-refractivity contribution is 8.70. The molecule has 1 heterocycles. The highest BCUT2D eigenvalue weighted by Gasteiger charge is 2.23. The Morgan fingerprint density at radius 1 is 1.55 bits per heavy atom. The van der Waals surface area contributed by atoms with Crippen LogP contribution in [-0.4, -0.2) is 6.54 Å². The summed E-state index contributed by atoms with van der Waals surface area (Å²) in [6, 6.07) is 0. The Labute approximate surface area is 76.1 Å². The smallest absolute Gasteiger partial charge is 0.0150 e. The number of rotatable bonds is 1. The van der Waals surface area contributed by atoms with Crippen molar-refractivity contribution in [3.63, 3.8) is 0 Å². The molecule has 0 radical (unpaired) electrons. The second-order valence-electron chi connectivity index (χ2n) is 2.96. The summed E-state index contributed by atoms with van der Waals surface area (Å²) in [5.41, 5.74) is 1.43. The van der Waals surface area contributed by atoms with E-state index in [1.54, 1.807) is 10.8 Å². The van der Waals surface area contributed by atoms with Gasteiger partial charge in [-0.1, -0.05) is 16.9 Å². The number of allylic oxidation sites excluding steroid dienone is 4. The third kappa shape index (κ3) is 1.44. The molecule has 3 heteroatoms. The first-order valence-corrected chi connectivity index (χ1v) is 5.73. The Bertz CT molecular complexity index is 220. The minimum atomic E-state index is 0.759. The summed E-state index contributed by atoms with van der Waals surface area (Å²) >= 11 is 4.19. The summed E-state index contributed by atoms with van der Waals surface area (Å²) in [6.07, 6.45) is 6.84. The Morgan fingerprint density at radius 2 is 2.45 bits per heavy atom. The van der Waals surface area contributed by atoms with Crippen LogP contribution in [0.25, 0.3) is 0 Å². The van der Waals surface area contributed by atoms with Crippen molar-refractivity contribution >= 4 is 22.5 Å². The highest BCUT2D eigenvalue weighted by Crippen LogP contribution is 2.36. The maximum absolute atomic E-state index is 4.19. The maximum Gasteiger partial charge on any atom is 0.0150 e. The number of hydrogen-bond acceptors (Lipinski definition) is 3. The molecule has 1 saturated heterocycles. The summed E-state index contributed by atoms with van der Waals surface area (Å²) in [5.74, 6) is 0.759. The summed E-state index contributed by atoms with van der Waals surface area (Å²) < 4.78 is 0. The normalized spacial score (nSPS) is 28.6. The van der Waals surface area contributed by atoms with Gasteiger partial charge in [-0.15, -0.1) is 11.7 Å². The van der Waals surface area contributed by atoms with Gasteiger partial charge in [-0.2, -0.15) is 0 Å². The van der Waals surface area contributed by atoms with Crippen molar-refractivity contribution in [3.05, 3.63) is 22.8 Å². The second kappa shape index (κ2) is 3.15. The average molecular weight is 185 g/mol. The number of fused-ring (bicyclic) bond motifs is 1. The zero-order chi connectivity index (χ0) is 7.68. The lowest BCUT2D eigenvalue weighted by atomic mass is 9.97. The SMILES string of the molecule is SSC1=CC=C2NCCC2C1. The molecule has 0 aromatic rings. The summed E-state index contributed by atoms with van der Waals surface area (Å²) in [4.78, 5) is 1.39. The Balaban J connectivity index is 2.15. The largest absolute Gasteiger partial charge is 0.388 e. The molecule has 1 aliphatic carbocycles. The van der Waals surface area contributed by atoms with Gasteiger partial charge in [0.15, 0.2) is 0 Å². The number of nitrogens with one attached hydrogen (secondary N) is 1. The molecule has 0 saturated carbocycles. The van der Waals surface area contributed by atoms with Crippen molar-refractivity contribution in [2.45, 2.75) is 12.8 Å². The van der Waals surface area contributed by atoms with E-state index in [4.69, 9.17) is 0 Å². The fourth-order valence-corrected chi connectivity index (χ4v) is 2.47. The molecular formula is C8H11NS2. The van der Waals surface area contributed by atoms with Crippen LogP contribution in [0.2, 0.25) is 0 Å². The van der Waals surface area contributed by atoms with Crippen LogP contribution in [0.5, 0.6) is 0 Å². The van der Waals surface area contributed by atoms with Crippen LogP contribution in [0.1, 0.15) is 12.8 Å².